The van der Waals surface area contributed by atoms with Gasteiger partial charge in [0.2, 0.25) is 17.7 Å². The lowest BCUT2D eigenvalue weighted by molar-refractivity contribution is -0.121. The Kier molecular flexibility index (Phi) is 5.71. The number of rotatable bonds is 7. The predicted octanol–water partition coefficient (Wildman–Crippen LogP) is 2.23. The van der Waals surface area contributed by atoms with Crippen LogP contribution in [-0.2, 0) is 14.6 Å². The second kappa shape index (κ2) is 7.57. The van der Waals surface area contributed by atoms with E-state index in [0.717, 1.165) is 0 Å². The van der Waals surface area contributed by atoms with Crippen LogP contribution in [0.5, 0.6) is 0 Å². The number of nitrogens with one attached hydrogen (secondary N) is 1. The van der Waals surface area contributed by atoms with Crippen molar-refractivity contribution in [1.82, 2.24) is 15.5 Å². The van der Waals surface area contributed by atoms with Crippen molar-refractivity contribution in [3.8, 4) is 0 Å². The normalized spacial score (nSPS) is 13.0. The molecule has 0 saturated heterocycles. The van der Waals surface area contributed by atoms with Crippen molar-refractivity contribution in [3.63, 3.8) is 0 Å². The summed E-state index contributed by atoms with van der Waals surface area (Å²) >= 11 is 0. The van der Waals surface area contributed by atoms with Crippen LogP contribution in [-0.4, -0.2) is 30.3 Å². The maximum Gasteiger partial charge on any atom is 0.238 e. The van der Waals surface area contributed by atoms with E-state index in [2.05, 4.69) is 15.5 Å². The number of hydrogen-bond donors (Lipinski definition) is 1. The summed E-state index contributed by atoms with van der Waals surface area (Å²) in [5.41, 5.74) is 0. The van der Waals surface area contributed by atoms with E-state index in [-0.39, 0.29) is 28.9 Å². The van der Waals surface area contributed by atoms with Gasteiger partial charge in [-0.05, 0) is 19.1 Å². The molecular weight excluding hydrogens is 330 g/mol. The van der Waals surface area contributed by atoms with Crippen LogP contribution in [0.3, 0.4) is 0 Å². The number of benzene rings is 1. The van der Waals surface area contributed by atoms with E-state index in [1.165, 1.54) is 12.1 Å². The molecular formula is C16H21N3O4S. The molecule has 0 unspecified atom stereocenters. The van der Waals surface area contributed by atoms with Crippen LogP contribution >= 0.6 is 0 Å². The second-order valence-corrected chi connectivity index (χ2v) is 7.91. The van der Waals surface area contributed by atoms with Crippen molar-refractivity contribution < 1.29 is 17.6 Å². The molecule has 0 radical (unpaired) electrons. The Hall–Kier alpha value is -2.22. The Morgan fingerprint density at radius 3 is 2.33 bits per heavy atom. The van der Waals surface area contributed by atoms with E-state index in [0.29, 0.717) is 11.8 Å². The molecule has 0 fully saturated rings. The van der Waals surface area contributed by atoms with Gasteiger partial charge in [-0.25, -0.2) is 8.42 Å². The first-order valence-corrected chi connectivity index (χ1v) is 9.35. The molecule has 7 nitrogen and oxygen atoms in total. The highest BCUT2D eigenvalue weighted by Gasteiger charge is 2.20. The average Bonchev–Trinajstić information content (AvgIpc) is 3.04. The highest BCUT2D eigenvalue weighted by molar-refractivity contribution is 7.91. The van der Waals surface area contributed by atoms with Gasteiger partial charge < -0.3 is 9.73 Å². The van der Waals surface area contributed by atoms with E-state index >= 15 is 0 Å². The fourth-order valence-electron chi connectivity index (χ4n) is 2.00. The zero-order chi connectivity index (χ0) is 17.7. The van der Waals surface area contributed by atoms with Gasteiger partial charge in [-0.2, -0.15) is 0 Å². The van der Waals surface area contributed by atoms with Gasteiger partial charge >= 0.3 is 0 Å². The Morgan fingerprint density at radius 1 is 1.12 bits per heavy atom. The molecule has 0 spiro atoms. The maximum absolute atomic E-state index is 12.1. The van der Waals surface area contributed by atoms with Crippen molar-refractivity contribution in [1.29, 1.82) is 0 Å². The molecule has 0 saturated carbocycles. The van der Waals surface area contributed by atoms with Gasteiger partial charge in [0.1, 0.15) is 6.04 Å². The summed E-state index contributed by atoms with van der Waals surface area (Å²) < 4.78 is 29.8. The van der Waals surface area contributed by atoms with E-state index in [1.807, 2.05) is 13.8 Å². The Bertz CT molecular complexity index is 785. The summed E-state index contributed by atoms with van der Waals surface area (Å²) in [6.07, 6.45) is -0.132. The number of carbonyl (C=O) groups is 1. The third-order valence-corrected chi connectivity index (χ3v) is 5.13. The molecule has 1 aromatic carbocycles. The van der Waals surface area contributed by atoms with Crippen LogP contribution in [0.25, 0.3) is 0 Å². The topological polar surface area (TPSA) is 102 Å². The summed E-state index contributed by atoms with van der Waals surface area (Å²) in [6.45, 7) is 5.56. The molecule has 8 heteroatoms. The molecule has 0 aliphatic rings. The monoisotopic (exact) mass is 351 g/mol. The molecule has 0 aliphatic heterocycles. The summed E-state index contributed by atoms with van der Waals surface area (Å²) in [5.74, 6) is 0.267. The molecule has 1 atom stereocenters. The molecule has 2 aromatic rings. The van der Waals surface area contributed by atoms with E-state index < -0.39 is 15.9 Å². The zero-order valence-electron chi connectivity index (χ0n) is 13.9. The largest absolute Gasteiger partial charge is 0.423 e. The first-order valence-electron chi connectivity index (χ1n) is 7.70. The van der Waals surface area contributed by atoms with Gasteiger partial charge in [0, 0.05) is 12.3 Å². The molecule has 2 rings (SSSR count). The number of carbonyl (C=O) groups excluding carboxylic acids is 1. The highest BCUT2D eigenvalue weighted by Crippen LogP contribution is 2.17. The third-order valence-electron chi connectivity index (χ3n) is 3.40. The first kappa shape index (κ1) is 18.1. The van der Waals surface area contributed by atoms with Crippen molar-refractivity contribution in [2.24, 2.45) is 0 Å². The lowest BCUT2D eigenvalue weighted by Gasteiger charge is -2.10. The van der Waals surface area contributed by atoms with E-state index in [1.54, 1.807) is 25.1 Å². The molecule has 0 bridgehead atoms. The predicted molar refractivity (Wildman–Crippen MR) is 88.1 cm³/mol. The number of hydrogen-bond acceptors (Lipinski definition) is 6. The average molecular weight is 351 g/mol. The van der Waals surface area contributed by atoms with Crippen LogP contribution in [0.2, 0.25) is 0 Å². The second-order valence-electron chi connectivity index (χ2n) is 5.80. The van der Waals surface area contributed by atoms with Crippen molar-refractivity contribution in [2.45, 2.75) is 44.0 Å². The smallest absolute Gasteiger partial charge is 0.238 e. The molecule has 130 valence electrons. The summed E-state index contributed by atoms with van der Waals surface area (Å²) in [6, 6.07) is 7.59. The number of amides is 1. The molecule has 1 heterocycles. The Morgan fingerprint density at radius 2 is 1.75 bits per heavy atom. The highest BCUT2D eigenvalue weighted by atomic mass is 32.2. The van der Waals surface area contributed by atoms with Crippen LogP contribution in [0.4, 0.5) is 0 Å². The minimum atomic E-state index is -3.48. The molecule has 1 N–H and O–H groups in total. The summed E-state index contributed by atoms with van der Waals surface area (Å²) in [7, 11) is -3.48. The molecule has 1 amide bonds. The lowest BCUT2D eigenvalue weighted by Crippen LogP contribution is -2.28. The Labute approximate surface area is 141 Å². The lowest BCUT2D eigenvalue weighted by atomic mass is 10.2. The SMILES string of the molecule is CC(C)c1nnc([C@H](C)NC(=O)CCS(=O)(=O)c2ccccc2)o1. The Balaban J connectivity index is 1.91. The number of sulfone groups is 1. The van der Waals surface area contributed by atoms with Gasteiger partial charge in [-0.1, -0.05) is 32.0 Å². The fraction of sp³-hybridized carbons (Fsp3) is 0.438. The quantitative estimate of drug-likeness (QED) is 0.821. The minimum Gasteiger partial charge on any atom is -0.423 e. The van der Waals surface area contributed by atoms with Gasteiger partial charge in [-0.15, -0.1) is 10.2 Å². The summed E-state index contributed by atoms with van der Waals surface area (Å²) in [4.78, 5) is 12.2. The summed E-state index contributed by atoms with van der Waals surface area (Å²) in [5, 5.41) is 10.5. The first-order chi connectivity index (χ1) is 11.3. The van der Waals surface area contributed by atoms with Gasteiger partial charge in [0.25, 0.3) is 0 Å². The van der Waals surface area contributed by atoms with Gasteiger partial charge in [0.15, 0.2) is 9.84 Å². The molecule has 0 aliphatic carbocycles. The van der Waals surface area contributed by atoms with Crippen molar-refractivity contribution >= 4 is 15.7 Å². The van der Waals surface area contributed by atoms with Crippen LogP contribution in [0, 0.1) is 0 Å². The fourth-order valence-corrected chi connectivity index (χ4v) is 3.26. The van der Waals surface area contributed by atoms with Gasteiger partial charge in [-0.3, -0.25) is 4.79 Å². The minimum absolute atomic E-state index is 0.102. The maximum atomic E-state index is 12.1. The van der Waals surface area contributed by atoms with E-state index in [9.17, 15) is 13.2 Å². The zero-order valence-corrected chi connectivity index (χ0v) is 14.7. The standard InChI is InChI=1S/C16H21N3O4S/c1-11(2)15-18-19-16(23-15)12(3)17-14(20)9-10-24(21,22)13-7-5-4-6-8-13/h4-8,11-12H,9-10H2,1-3H3,(H,17,20)/t12-/m0/s1. The van der Waals surface area contributed by atoms with Crippen LogP contribution in [0.1, 0.15) is 50.9 Å². The number of nitrogens with zero attached hydrogens (tertiary/aromatic N) is 2. The number of aromatic nitrogens is 2. The third kappa shape index (κ3) is 4.64. The van der Waals surface area contributed by atoms with Crippen LogP contribution < -0.4 is 5.32 Å². The van der Waals surface area contributed by atoms with Crippen molar-refractivity contribution in [3.05, 3.63) is 42.1 Å². The van der Waals surface area contributed by atoms with Crippen molar-refractivity contribution in [2.75, 3.05) is 5.75 Å². The van der Waals surface area contributed by atoms with E-state index in [4.69, 9.17) is 4.42 Å². The van der Waals surface area contributed by atoms with Crippen LogP contribution in [0.15, 0.2) is 39.6 Å². The molecule has 24 heavy (non-hydrogen) atoms. The molecule has 1 aromatic heterocycles. The van der Waals surface area contributed by atoms with Gasteiger partial charge in [0.05, 0.1) is 10.6 Å².